The van der Waals surface area contributed by atoms with E-state index in [1.807, 2.05) is 36.0 Å². The average Bonchev–Trinajstić information content (AvgIpc) is 2.58. The largest absolute Gasteiger partial charge is 0.496 e. The summed E-state index contributed by atoms with van der Waals surface area (Å²) in [5.74, 6) is 1.41. The molecule has 2 N–H and O–H groups in total. The van der Waals surface area contributed by atoms with Crippen molar-refractivity contribution in [2.45, 2.75) is 13.5 Å². The highest BCUT2D eigenvalue weighted by Crippen LogP contribution is 2.25. The van der Waals surface area contributed by atoms with E-state index < -0.39 is 0 Å². The van der Waals surface area contributed by atoms with Crippen molar-refractivity contribution in [3.05, 3.63) is 40.0 Å². The van der Waals surface area contributed by atoms with Gasteiger partial charge in [-0.1, -0.05) is 6.07 Å². The molecule has 0 aliphatic carbocycles. The molecule has 0 unspecified atom stereocenters. The molecule has 2 rings (SSSR count). The minimum Gasteiger partial charge on any atom is -0.496 e. The van der Waals surface area contributed by atoms with Crippen LogP contribution in [0, 0.1) is 6.92 Å². The molecule has 2 aromatic rings. The second-order valence-corrected chi connectivity index (χ2v) is 4.72. The lowest BCUT2D eigenvalue weighted by molar-refractivity contribution is 0.412. The van der Waals surface area contributed by atoms with Gasteiger partial charge in [-0.25, -0.2) is 0 Å². The van der Waals surface area contributed by atoms with Crippen molar-refractivity contribution in [1.82, 2.24) is 9.78 Å². The number of halogens is 1. The molecule has 90 valence electrons. The first-order valence-electron chi connectivity index (χ1n) is 5.22. The lowest BCUT2D eigenvalue weighted by Crippen LogP contribution is -2.01. The number of anilines is 1. The van der Waals surface area contributed by atoms with Crippen molar-refractivity contribution in [2.75, 3.05) is 12.8 Å². The zero-order valence-electron chi connectivity index (χ0n) is 9.77. The molecule has 5 heteroatoms. The Labute approximate surface area is 109 Å². The first-order valence-corrected chi connectivity index (χ1v) is 6.01. The van der Waals surface area contributed by atoms with Crippen molar-refractivity contribution < 1.29 is 4.74 Å². The quantitative estimate of drug-likeness (QED) is 0.947. The number of ether oxygens (including phenoxy) is 1. The van der Waals surface area contributed by atoms with E-state index >= 15 is 0 Å². The summed E-state index contributed by atoms with van der Waals surface area (Å²) in [5, 5.41) is 4.23. The van der Waals surface area contributed by atoms with E-state index in [1.54, 1.807) is 7.11 Å². The third-order valence-corrected chi connectivity index (χ3v) is 3.16. The Balaban J connectivity index is 2.21. The number of nitrogens with two attached hydrogens (primary N) is 1. The number of rotatable bonds is 3. The van der Waals surface area contributed by atoms with Crippen LogP contribution in [0.15, 0.2) is 28.9 Å². The maximum Gasteiger partial charge on any atom is 0.148 e. The van der Waals surface area contributed by atoms with Gasteiger partial charge in [-0.15, -0.1) is 0 Å². The number of hydrogen-bond acceptors (Lipinski definition) is 3. The first-order chi connectivity index (χ1) is 8.10. The Kier molecular flexibility index (Phi) is 3.38. The van der Waals surface area contributed by atoms with E-state index in [0.29, 0.717) is 12.4 Å². The molecule has 4 nitrogen and oxygen atoms in total. The molecule has 0 aliphatic rings. The molecular weight excluding hydrogens is 282 g/mol. The maximum atomic E-state index is 5.71. The fourth-order valence-electron chi connectivity index (χ4n) is 1.61. The predicted molar refractivity (Wildman–Crippen MR) is 71.2 cm³/mol. The summed E-state index contributed by atoms with van der Waals surface area (Å²) in [5.41, 5.74) is 7.85. The highest BCUT2D eigenvalue weighted by atomic mass is 79.9. The molecular formula is C12H14BrN3O. The van der Waals surface area contributed by atoms with Crippen LogP contribution in [0.1, 0.15) is 11.1 Å². The summed E-state index contributed by atoms with van der Waals surface area (Å²) in [6, 6.07) is 5.96. The van der Waals surface area contributed by atoms with Crippen LogP contribution >= 0.6 is 15.9 Å². The van der Waals surface area contributed by atoms with Crippen LogP contribution in [0.4, 0.5) is 5.82 Å². The molecule has 0 saturated heterocycles. The number of aromatic nitrogens is 2. The van der Waals surface area contributed by atoms with Gasteiger partial charge in [-0.2, -0.15) is 5.10 Å². The number of hydrogen-bond donors (Lipinski definition) is 1. The SMILES string of the molecule is COc1ccc(Cn2cc(C)c(N)n2)cc1Br. The van der Waals surface area contributed by atoms with Crippen LogP contribution in [0.5, 0.6) is 5.75 Å². The lowest BCUT2D eigenvalue weighted by atomic mass is 10.2. The number of nitrogen functional groups attached to an aromatic ring is 1. The van der Waals surface area contributed by atoms with Gasteiger partial charge in [-0.3, -0.25) is 4.68 Å². The van der Waals surface area contributed by atoms with E-state index in [-0.39, 0.29) is 0 Å². The third-order valence-electron chi connectivity index (χ3n) is 2.54. The average molecular weight is 296 g/mol. The molecule has 1 aromatic heterocycles. The molecule has 0 radical (unpaired) electrons. The third kappa shape index (κ3) is 2.61. The van der Waals surface area contributed by atoms with E-state index in [9.17, 15) is 0 Å². The van der Waals surface area contributed by atoms with Crippen LogP contribution in [-0.4, -0.2) is 16.9 Å². The summed E-state index contributed by atoms with van der Waals surface area (Å²) in [7, 11) is 1.65. The number of benzene rings is 1. The summed E-state index contributed by atoms with van der Waals surface area (Å²) < 4.78 is 7.96. The monoisotopic (exact) mass is 295 g/mol. The van der Waals surface area contributed by atoms with Gasteiger partial charge in [-0.05, 0) is 40.5 Å². The molecule has 0 atom stereocenters. The van der Waals surface area contributed by atoms with E-state index in [4.69, 9.17) is 10.5 Å². The van der Waals surface area contributed by atoms with Gasteiger partial charge in [0.1, 0.15) is 11.6 Å². The molecule has 0 bridgehead atoms. The van der Waals surface area contributed by atoms with Gasteiger partial charge in [0.15, 0.2) is 0 Å². The van der Waals surface area contributed by atoms with E-state index in [1.165, 1.54) is 0 Å². The van der Waals surface area contributed by atoms with Gasteiger partial charge < -0.3 is 10.5 Å². The van der Waals surface area contributed by atoms with Gasteiger partial charge in [0.2, 0.25) is 0 Å². The number of aryl methyl sites for hydroxylation is 1. The zero-order valence-corrected chi connectivity index (χ0v) is 11.4. The standard InChI is InChI=1S/C12H14BrN3O/c1-8-6-16(15-12(8)14)7-9-3-4-11(17-2)10(13)5-9/h3-6H,7H2,1-2H3,(H2,14,15). The van der Waals surface area contributed by atoms with Crippen LogP contribution < -0.4 is 10.5 Å². The fraction of sp³-hybridized carbons (Fsp3) is 0.250. The Hall–Kier alpha value is -1.49. The zero-order chi connectivity index (χ0) is 12.4. The lowest BCUT2D eigenvalue weighted by Gasteiger charge is -2.06. The van der Waals surface area contributed by atoms with Crippen LogP contribution in [-0.2, 0) is 6.54 Å². The van der Waals surface area contributed by atoms with Crippen molar-refractivity contribution in [3.8, 4) is 5.75 Å². The minimum absolute atomic E-state index is 0.581. The van der Waals surface area contributed by atoms with Crippen molar-refractivity contribution in [3.63, 3.8) is 0 Å². The highest BCUT2D eigenvalue weighted by molar-refractivity contribution is 9.10. The number of nitrogens with zero attached hydrogens (tertiary/aromatic N) is 2. The molecule has 0 fully saturated rings. The van der Waals surface area contributed by atoms with Crippen molar-refractivity contribution in [2.24, 2.45) is 0 Å². The number of methoxy groups -OCH3 is 1. The van der Waals surface area contributed by atoms with Crippen molar-refractivity contribution >= 4 is 21.7 Å². The first kappa shape index (κ1) is 12.0. The maximum absolute atomic E-state index is 5.71. The molecule has 0 aliphatic heterocycles. The Morgan fingerprint density at radius 2 is 2.24 bits per heavy atom. The molecule has 0 saturated carbocycles. The molecule has 17 heavy (non-hydrogen) atoms. The smallest absolute Gasteiger partial charge is 0.148 e. The van der Waals surface area contributed by atoms with Gasteiger partial charge >= 0.3 is 0 Å². The van der Waals surface area contributed by atoms with Crippen LogP contribution in [0.25, 0.3) is 0 Å². The van der Waals surface area contributed by atoms with E-state index in [0.717, 1.165) is 21.3 Å². The van der Waals surface area contributed by atoms with Crippen molar-refractivity contribution in [1.29, 1.82) is 0 Å². The molecule has 1 aromatic carbocycles. The molecule has 0 spiro atoms. The predicted octanol–water partition coefficient (Wildman–Crippen LogP) is 2.59. The minimum atomic E-state index is 0.581. The Morgan fingerprint density at radius 3 is 2.76 bits per heavy atom. The van der Waals surface area contributed by atoms with E-state index in [2.05, 4.69) is 21.0 Å². The second kappa shape index (κ2) is 4.79. The second-order valence-electron chi connectivity index (χ2n) is 3.86. The summed E-state index contributed by atoms with van der Waals surface area (Å²) in [4.78, 5) is 0. The van der Waals surface area contributed by atoms with Gasteiger partial charge in [0.25, 0.3) is 0 Å². The van der Waals surface area contributed by atoms with Gasteiger partial charge in [0, 0.05) is 11.8 Å². The highest BCUT2D eigenvalue weighted by Gasteiger charge is 2.04. The van der Waals surface area contributed by atoms with Gasteiger partial charge in [0.05, 0.1) is 18.1 Å². The normalized spacial score (nSPS) is 10.5. The molecule has 1 heterocycles. The Bertz CT molecular complexity index is 517. The summed E-state index contributed by atoms with van der Waals surface area (Å²) in [6.07, 6.45) is 1.94. The molecule has 0 amide bonds. The topological polar surface area (TPSA) is 53.1 Å². The summed E-state index contributed by atoms with van der Waals surface area (Å²) >= 11 is 3.46. The van der Waals surface area contributed by atoms with Crippen LogP contribution in [0.2, 0.25) is 0 Å². The van der Waals surface area contributed by atoms with Crippen LogP contribution in [0.3, 0.4) is 0 Å². The fourth-order valence-corrected chi connectivity index (χ4v) is 2.20. The Morgan fingerprint density at radius 1 is 1.47 bits per heavy atom. The summed E-state index contributed by atoms with van der Waals surface area (Å²) in [6.45, 7) is 2.64.